The Bertz CT molecular complexity index is 1650. The summed E-state index contributed by atoms with van der Waals surface area (Å²) in [6.45, 7) is 7.95. The van der Waals surface area contributed by atoms with E-state index in [1.165, 1.54) is 17.3 Å². The van der Waals surface area contributed by atoms with E-state index in [2.05, 4.69) is 22.4 Å². The van der Waals surface area contributed by atoms with Crippen molar-refractivity contribution in [1.82, 2.24) is 19.2 Å². The van der Waals surface area contributed by atoms with E-state index < -0.39 is 5.25 Å². The molecule has 0 saturated heterocycles. The van der Waals surface area contributed by atoms with Crippen molar-refractivity contribution in [1.29, 1.82) is 0 Å². The number of hydrogen-bond acceptors (Lipinski definition) is 5. The number of para-hydroxylation sites is 1. The third-order valence-corrected chi connectivity index (χ3v) is 7.54. The van der Waals surface area contributed by atoms with Gasteiger partial charge in [0.05, 0.1) is 21.8 Å². The summed E-state index contributed by atoms with van der Waals surface area (Å²) < 4.78 is 3.48. The molecule has 5 aromatic rings. The molecule has 0 radical (unpaired) electrons. The summed E-state index contributed by atoms with van der Waals surface area (Å²) >= 11 is 1.31. The van der Waals surface area contributed by atoms with Crippen LogP contribution in [0.2, 0.25) is 0 Å². The molecule has 1 unspecified atom stereocenters. The van der Waals surface area contributed by atoms with Crippen LogP contribution in [-0.2, 0) is 11.2 Å². The molecule has 0 bridgehead atoms. The molecular formula is C28H27N5O2S. The van der Waals surface area contributed by atoms with Crippen molar-refractivity contribution in [2.45, 2.75) is 44.5 Å². The fourth-order valence-electron chi connectivity index (χ4n) is 4.23. The van der Waals surface area contributed by atoms with Crippen LogP contribution >= 0.6 is 11.8 Å². The van der Waals surface area contributed by atoms with Gasteiger partial charge in [-0.2, -0.15) is 0 Å². The second kappa shape index (κ2) is 9.62. The molecule has 2 heterocycles. The SMILES string of the molecule is CCc1ccc(NC(=O)C(C)Sc2nnc3n(-c4cccc(C)c4C)c(=O)c4ccccc4n23)cc1. The van der Waals surface area contributed by atoms with Crippen LogP contribution in [0.15, 0.2) is 76.7 Å². The predicted octanol–water partition coefficient (Wildman–Crippen LogP) is 5.33. The number of hydrogen-bond donors (Lipinski definition) is 1. The summed E-state index contributed by atoms with van der Waals surface area (Å²) in [5.74, 6) is 0.283. The zero-order valence-electron chi connectivity index (χ0n) is 20.6. The minimum atomic E-state index is -0.442. The summed E-state index contributed by atoms with van der Waals surface area (Å²) in [6, 6.07) is 21.1. The average molecular weight is 498 g/mol. The zero-order valence-corrected chi connectivity index (χ0v) is 21.5. The standard InChI is InChI=1S/C28H27N5O2S/c1-5-20-13-15-21(16-14-20)29-25(34)19(4)36-28-31-30-27-32(23-12-8-9-17(2)18(23)3)26(35)22-10-6-7-11-24(22)33(27)28/h6-16,19H,5H2,1-4H3,(H,29,34). The van der Waals surface area contributed by atoms with Gasteiger partial charge in [0.1, 0.15) is 0 Å². The number of nitrogens with zero attached hydrogens (tertiary/aromatic N) is 4. The highest BCUT2D eigenvalue weighted by Crippen LogP contribution is 2.28. The van der Waals surface area contributed by atoms with Crippen molar-refractivity contribution < 1.29 is 4.79 Å². The normalized spacial score (nSPS) is 12.2. The first-order valence-electron chi connectivity index (χ1n) is 11.9. The van der Waals surface area contributed by atoms with Crippen molar-refractivity contribution in [2.24, 2.45) is 0 Å². The lowest BCUT2D eigenvalue weighted by Crippen LogP contribution is -2.24. The predicted molar refractivity (Wildman–Crippen MR) is 145 cm³/mol. The molecule has 1 atom stereocenters. The number of benzene rings is 3. The molecular weight excluding hydrogens is 470 g/mol. The second-order valence-corrected chi connectivity index (χ2v) is 10.1. The van der Waals surface area contributed by atoms with E-state index in [1.54, 1.807) is 4.57 Å². The fourth-order valence-corrected chi connectivity index (χ4v) is 5.08. The van der Waals surface area contributed by atoms with Crippen molar-refractivity contribution in [2.75, 3.05) is 5.32 Å². The molecule has 7 nitrogen and oxygen atoms in total. The van der Waals surface area contributed by atoms with Gasteiger partial charge in [-0.25, -0.2) is 4.57 Å². The number of aromatic nitrogens is 4. The fraction of sp³-hybridized carbons (Fsp3) is 0.214. The van der Waals surface area contributed by atoms with Gasteiger partial charge in [0.2, 0.25) is 11.7 Å². The average Bonchev–Trinajstić information content (AvgIpc) is 3.30. The quantitative estimate of drug-likeness (QED) is 0.321. The van der Waals surface area contributed by atoms with Gasteiger partial charge in [0.15, 0.2) is 5.16 Å². The number of nitrogens with one attached hydrogen (secondary N) is 1. The number of carbonyl (C=O) groups is 1. The van der Waals surface area contributed by atoms with Gasteiger partial charge < -0.3 is 5.32 Å². The van der Waals surface area contributed by atoms with Crippen LogP contribution in [-0.4, -0.2) is 30.3 Å². The Morgan fingerprint density at radius 1 is 1.00 bits per heavy atom. The number of aryl methyl sites for hydroxylation is 2. The number of fused-ring (bicyclic) bond motifs is 3. The van der Waals surface area contributed by atoms with Crippen LogP contribution in [0.3, 0.4) is 0 Å². The molecule has 1 N–H and O–H groups in total. The summed E-state index contributed by atoms with van der Waals surface area (Å²) in [4.78, 5) is 26.6. The monoisotopic (exact) mass is 497 g/mol. The highest BCUT2D eigenvalue weighted by atomic mass is 32.2. The number of anilines is 1. The van der Waals surface area contributed by atoms with Crippen molar-refractivity contribution in [3.05, 3.63) is 93.8 Å². The first-order valence-corrected chi connectivity index (χ1v) is 12.8. The first-order chi connectivity index (χ1) is 17.4. The molecule has 36 heavy (non-hydrogen) atoms. The van der Waals surface area contributed by atoms with E-state index in [0.29, 0.717) is 21.8 Å². The Balaban J connectivity index is 1.57. The van der Waals surface area contributed by atoms with Gasteiger partial charge in [0, 0.05) is 5.69 Å². The van der Waals surface area contributed by atoms with Gasteiger partial charge in [0.25, 0.3) is 5.56 Å². The Morgan fingerprint density at radius 3 is 2.50 bits per heavy atom. The first kappa shape index (κ1) is 23.8. The lowest BCUT2D eigenvalue weighted by molar-refractivity contribution is -0.115. The molecule has 0 saturated carbocycles. The molecule has 0 spiro atoms. The second-order valence-electron chi connectivity index (χ2n) is 8.79. The highest BCUT2D eigenvalue weighted by Gasteiger charge is 2.23. The third kappa shape index (κ3) is 4.18. The van der Waals surface area contributed by atoms with Crippen LogP contribution < -0.4 is 10.9 Å². The van der Waals surface area contributed by atoms with E-state index in [4.69, 9.17) is 0 Å². The Hall–Kier alpha value is -3.91. The van der Waals surface area contributed by atoms with Crippen molar-refractivity contribution in [3.8, 4) is 5.69 Å². The maximum atomic E-state index is 13.6. The Labute approximate surface area is 213 Å². The molecule has 0 aliphatic rings. The van der Waals surface area contributed by atoms with Crippen LogP contribution in [0.4, 0.5) is 5.69 Å². The van der Waals surface area contributed by atoms with E-state index in [9.17, 15) is 9.59 Å². The summed E-state index contributed by atoms with van der Waals surface area (Å²) in [6.07, 6.45) is 0.946. The number of carbonyl (C=O) groups excluding carboxylic acids is 1. The van der Waals surface area contributed by atoms with E-state index in [1.807, 2.05) is 91.9 Å². The van der Waals surface area contributed by atoms with Gasteiger partial charge >= 0.3 is 0 Å². The van der Waals surface area contributed by atoms with E-state index in [-0.39, 0.29) is 11.5 Å². The maximum Gasteiger partial charge on any atom is 0.267 e. The third-order valence-electron chi connectivity index (χ3n) is 6.49. The molecule has 8 heteroatoms. The largest absolute Gasteiger partial charge is 0.325 e. The summed E-state index contributed by atoms with van der Waals surface area (Å²) in [5.41, 5.74) is 5.36. The molecule has 5 rings (SSSR count). The Morgan fingerprint density at radius 2 is 1.75 bits per heavy atom. The van der Waals surface area contributed by atoms with Crippen molar-refractivity contribution in [3.63, 3.8) is 0 Å². The lowest BCUT2D eigenvalue weighted by atomic mass is 10.1. The lowest BCUT2D eigenvalue weighted by Gasteiger charge is -2.15. The zero-order chi connectivity index (χ0) is 25.4. The number of thioether (sulfide) groups is 1. The maximum absolute atomic E-state index is 13.6. The molecule has 182 valence electrons. The summed E-state index contributed by atoms with van der Waals surface area (Å²) in [5, 5.41) is 12.5. The minimum Gasteiger partial charge on any atom is -0.325 e. The van der Waals surface area contributed by atoms with E-state index in [0.717, 1.165) is 28.9 Å². The molecule has 0 aliphatic carbocycles. The van der Waals surface area contributed by atoms with Crippen molar-refractivity contribution >= 4 is 40.0 Å². The van der Waals surface area contributed by atoms with Crippen LogP contribution in [0.1, 0.15) is 30.5 Å². The molecule has 3 aromatic carbocycles. The molecule has 0 fully saturated rings. The molecule has 2 aromatic heterocycles. The smallest absolute Gasteiger partial charge is 0.267 e. The highest BCUT2D eigenvalue weighted by molar-refractivity contribution is 8.00. The molecule has 1 amide bonds. The van der Waals surface area contributed by atoms with Crippen LogP contribution in [0.5, 0.6) is 0 Å². The number of rotatable bonds is 6. The van der Waals surface area contributed by atoms with Gasteiger partial charge in [-0.05, 0) is 74.2 Å². The van der Waals surface area contributed by atoms with Gasteiger partial charge in [-0.1, -0.05) is 55.1 Å². The van der Waals surface area contributed by atoms with Gasteiger partial charge in [-0.3, -0.25) is 14.0 Å². The summed E-state index contributed by atoms with van der Waals surface area (Å²) in [7, 11) is 0. The number of amides is 1. The Kier molecular flexibility index (Phi) is 6.36. The molecule has 0 aliphatic heterocycles. The van der Waals surface area contributed by atoms with Gasteiger partial charge in [-0.15, -0.1) is 10.2 Å². The minimum absolute atomic E-state index is 0.131. The van der Waals surface area contributed by atoms with Crippen LogP contribution in [0, 0.1) is 13.8 Å². The van der Waals surface area contributed by atoms with Crippen LogP contribution in [0.25, 0.3) is 22.4 Å². The topological polar surface area (TPSA) is 81.3 Å². The van der Waals surface area contributed by atoms with E-state index >= 15 is 0 Å².